The van der Waals surface area contributed by atoms with E-state index < -0.39 is 6.10 Å². The molecule has 7 heteroatoms. The summed E-state index contributed by atoms with van der Waals surface area (Å²) in [6.45, 7) is 0.403. The van der Waals surface area contributed by atoms with Crippen molar-refractivity contribution in [3.63, 3.8) is 0 Å². The first kappa shape index (κ1) is 11.9. The third kappa shape index (κ3) is 3.46. The molecule has 0 radical (unpaired) electrons. The number of amides is 1. The van der Waals surface area contributed by atoms with Gasteiger partial charge in [0, 0.05) is 24.7 Å². The van der Waals surface area contributed by atoms with Crippen molar-refractivity contribution in [3.8, 4) is 0 Å². The Bertz CT molecular complexity index is 369. The summed E-state index contributed by atoms with van der Waals surface area (Å²) in [6.07, 6.45) is -0.643. The van der Waals surface area contributed by atoms with Gasteiger partial charge in [-0.15, -0.1) is 0 Å². The van der Waals surface area contributed by atoms with Gasteiger partial charge in [-0.1, -0.05) is 11.3 Å². The van der Waals surface area contributed by atoms with Crippen LogP contribution >= 0.6 is 11.3 Å². The molecule has 84 valence electrons. The second kappa shape index (κ2) is 5.64. The molecule has 15 heavy (non-hydrogen) atoms. The highest BCUT2D eigenvalue weighted by atomic mass is 32.1. The number of methoxy groups -OCH3 is 1. The molecule has 1 unspecified atom stereocenters. The molecule has 1 aromatic rings. The zero-order valence-electron chi connectivity index (χ0n) is 8.28. The molecular formula is C8H13N3O3S. The van der Waals surface area contributed by atoms with Crippen LogP contribution in [0.4, 0.5) is 0 Å². The Balaban J connectivity index is 2.43. The molecule has 4 N–H and O–H groups in total. The average molecular weight is 231 g/mol. The van der Waals surface area contributed by atoms with Crippen LogP contribution in [-0.4, -0.2) is 30.6 Å². The number of nitrogens with one attached hydrogen (secondary N) is 2. The third-order valence-electron chi connectivity index (χ3n) is 1.81. The topological polar surface area (TPSA) is 97.2 Å². The van der Waals surface area contributed by atoms with E-state index in [-0.39, 0.29) is 23.9 Å². The number of carbonyl (C=O) groups excluding carboxylic acids is 1. The van der Waals surface area contributed by atoms with Gasteiger partial charge in [0.25, 0.3) is 5.91 Å². The number of H-pyrrole nitrogens is 1. The van der Waals surface area contributed by atoms with E-state index in [1.165, 1.54) is 7.11 Å². The van der Waals surface area contributed by atoms with E-state index in [0.717, 1.165) is 11.3 Å². The van der Waals surface area contributed by atoms with Gasteiger partial charge in [-0.05, 0) is 0 Å². The standard InChI is InChI=1S/C8H13N3O3S/c1-14-6(2-9)7(12)10-3-5-4-15-8(13)11-5/h4,6H,2-3,9H2,1H3,(H,10,12)(H,11,13). The van der Waals surface area contributed by atoms with Crippen LogP contribution in [0.2, 0.25) is 0 Å². The summed E-state index contributed by atoms with van der Waals surface area (Å²) in [7, 11) is 1.42. The van der Waals surface area contributed by atoms with Crippen molar-refractivity contribution in [1.82, 2.24) is 10.3 Å². The van der Waals surface area contributed by atoms with E-state index in [1.54, 1.807) is 5.38 Å². The van der Waals surface area contributed by atoms with Crippen molar-refractivity contribution in [2.75, 3.05) is 13.7 Å². The van der Waals surface area contributed by atoms with Gasteiger partial charge in [0.1, 0.15) is 6.10 Å². The fourth-order valence-electron chi connectivity index (χ4n) is 1.01. The normalized spacial score (nSPS) is 12.4. The Morgan fingerprint density at radius 2 is 2.53 bits per heavy atom. The Morgan fingerprint density at radius 1 is 1.80 bits per heavy atom. The lowest BCUT2D eigenvalue weighted by atomic mass is 10.3. The highest BCUT2D eigenvalue weighted by Gasteiger charge is 2.14. The number of aromatic nitrogens is 1. The predicted molar refractivity (Wildman–Crippen MR) is 56.6 cm³/mol. The van der Waals surface area contributed by atoms with Crippen LogP contribution in [0.3, 0.4) is 0 Å². The average Bonchev–Trinajstić information content (AvgIpc) is 2.63. The SMILES string of the molecule is COC(CN)C(=O)NCc1csc(=O)[nH]1. The van der Waals surface area contributed by atoms with E-state index in [4.69, 9.17) is 10.5 Å². The summed E-state index contributed by atoms with van der Waals surface area (Å²) in [5.41, 5.74) is 5.99. The fourth-order valence-corrected chi connectivity index (χ4v) is 1.59. The summed E-state index contributed by atoms with van der Waals surface area (Å²) in [5, 5.41) is 4.27. The largest absolute Gasteiger partial charge is 0.370 e. The maximum atomic E-state index is 11.4. The molecule has 1 amide bonds. The predicted octanol–water partition coefficient (Wildman–Crippen LogP) is -0.974. The van der Waals surface area contributed by atoms with Crippen molar-refractivity contribution < 1.29 is 9.53 Å². The molecule has 0 aliphatic rings. The minimum atomic E-state index is -0.643. The van der Waals surface area contributed by atoms with Crippen LogP contribution in [0.15, 0.2) is 10.2 Å². The van der Waals surface area contributed by atoms with Crippen molar-refractivity contribution in [3.05, 3.63) is 20.7 Å². The molecule has 1 atom stereocenters. The number of thiazole rings is 1. The first-order valence-electron chi connectivity index (χ1n) is 4.34. The molecular weight excluding hydrogens is 218 g/mol. The van der Waals surface area contributed by atoms with E-state index in [9.17, 15) is 9.59 Å². The van der Waals surface area contributed by atoms with Gasteiger partial charge in [0.2, 0.25) is 0 Å². The van der Waals surface area contributed by atoms with E-state index in [0.29, 0.717) is 5.69 Å². The van der Waals surface area contributed by atoms with Gasteiger partial charge in [-0.2, -0.15) is 0 Å². The first-order valence-corrected chi connectivity index (χ1v) is 5.22. The molecule has 0 fully saturated rings. The van der Waals surface area contributed by atoms with Crippen molar-refractivity contribution in [2.24, 2.45) is 5.73 Å². The summed E-state index contributed by atoms with van der Waals surface area (Å²) in [4.78, 5) is 24.6. The Kier molecular flexibility index (Phi) is 4.47. The summed E-state index contributed by atoms with van der Waals surface area (Å²) in [5.74, 6) is -0.285. The van der Waals surface area contributed by atoms with Crippen LogP contribution in [0.5, 0.6) is 0 Å². The first-order chi connectivity index (χ1) is 7.17. The number of hydrogen-bond acceptors (Lipinski definition) is 5. The number of aromatic amines is 1. The second-order valence-corrected chi connectivity index (χ2v) is 3.69. The number of hydrogen-bond donors (Lipinski definition) is 3. The molecule has 0 saturated carbocycles. The van der Waals surface area contributed by atoms with Gasteiger partial charge in [-0.3, -0.25) is 9.59 Å². The van der Waals surface area contributed by atoms with Crippen LogP contribution in [0.1, 0.15) is 5.69 Å². The van der Waals surface area contributed by atoms with Crippen LogP contribution in [0, 0.1) is 0 Å². The van der Waals surface area contributed by atoms with Gasteiger partial charge in [-0.25, -0.2) is 0 Å². The fraction of sp³-hybridized carbons (Fsp3) is 0.500. The second-order valence-electron chi connectivity index (χ2n) is 2.85. The van der Waals surface area contributed by atoms with Gasteiger partial charge in [0.05, 0.1) is 6.54 Å². The number of rotatable bonds is 5. The summed E-state index contributed by atoms with van der Waals surface area (Å²) >= 11 is 1.06. The summed E-state index contributed by atoms with van der Waals surface area (Å²) in [6, 6.07) is 0. The molecule has 0 aliphatic carbocycles. The van der Waals surface area contributed by atoms with Crippen molar-refractivity contribution in [1.29, 1.82) is 0 Å². The summed E-state index contributed by atoms with van der Waals surface area (Å²) < 4.78 is 4.85. The van der Waals surface area contributed by atoms with E-state index in [1.807, 2.05) is 0 Å². The Hall–Kier alpha value is -1.18. The molecule has 0 bridgehead atoms. The van der Waals surface area contributed by atoms with Gasteiger partial charge in [0.15, 0.2) is 0 Å². The minimum Gasteiger partial charge on any atom is -0.370 e. The van der Waals surface area contributed by atoms with E-state index in [2.05, 4.69) is 10.3 Å². The minimum absolute atomic E-state index is 0.127. The molecule has 1 rings (SSSR count). The Morgan fingerprint density at radius 3 is 3.00 bits per heavy atom. The number of ether oxygens (including phenoxy) is 1. The van der Waals surface area contributed by atoms with Crippen molar-refractivity contribution in [2.45, 2.75) is 12.6 Å². The number of nitrogens with two attached hydrogens (primary N) is 1. The van der Waals surface area contributed by atoms with E-state index >= 15 is 0 Å². The molecule has 0 aromatic carbocycles. The monoisotopic (exact) mass is 231 g/mol. The highest BCUT2D eigenvalue weighted by Crippen LogP contribution is 1.95. The maximum Gasteiger partial charge on any atom is 0.304 e. The number of carbonyl (C=O) groups is 1. The maximum absolute atomic E-state index is 11.4. The molecule has 0 spiro atoms. The molecule has 1 aromatic heterocycles. The van der Waals surface area contributed by atoms with Gasteiger partial charge < -0.3 is 20.8 Å². The quantitative estimate of drug-likeness (QED) is 0.607. The lowest BCUT2D eigenvalue weighted by Crippen LogP contribution is -2.40. The van der Waals surface area contributed by atoms with Crippen LogP contribution < -0.4 is 15.9 Å². The van der Waals surface area contributed by atoms with Crippen molar-refractivity contribution >= 4 is 17.2 Å². The zero-order chi connectivity index (χ0) is 11.3. The smallest absolute Gasteiger partial charge is 0.304 e. The lowest BCUT2D eigenvalue weighted by molar-refractivity contribution is -0.130. The third-order valence-corrected chi connectivity index (χ3v) is 2.53. The molecule has 6 nitrogen and oxygen atoms in total. The van der Waals surface area contributed by atoms with Crippen LogP contribution in [-0.2, 0) is 16.1 Å². The Labute approximate surface area is 90.4 Å². The zero-order valence-corrected chi connectivity index (χ0v) is 9.10. The molecule has 1 heterocycles. The highest BCUT2D eigenvalue weighted by molar-refractivity contribution is 7.07. The molecule has 0 saturated heterocycles. The lowest BCUT2D eigenvalue weighted by Gasteiger charge is -2.12. The molecule has 0 aliphatic heterocycles. The van der Waals surface area contributed by atoms with Crippen LogP contribution in [0.25, 0.3) is 0 Å². The van der Waals surface area contributed by atoms with Gasteiger partial charge >= 0.3 is 4.87 Å².